The molecule has 0 bridgehead atoms. The van der Waals surface area contributed by atoms with Gasteiger partial charge in [0.2, 0.25) is 10.0 Å². The van der Waals surface area contributed by atoms with Crippen LogP contribution in [0.1, 0.15) is 28.1 Å². The molecule has 1 fully saturated rings. The minimum Gasteiger partial charge on any atom is -0.298 e. The highest BCUT2D eigenvalue weighted by Crippen LogP contribution is 2.23. The van der Waals surface area contributed by atoms with Crippen LogP contribution in [-0.4, -0.2) is 25.4 Å². The Balaban J connectivity index is 1.79. The predicted molar refractivity (Wildman–Crippen MR) is 84.6 cm³/mol. The second-order valence-electron chi connectivity index (χ2n) is 5.15. The van der Waals surface area contributed by atoms with Gasteiger partial charge in [0.15, 0.2) is 5.13 Å². The van der Waals surface area contributed by atoms with E-state index in [1.807, 2.05) is 6.92 Å². The number of nitrogens with one attached hydrogen (secondary N) is 2. The Bertz CT molecular complexity index is 810. The van der Waals surface area contributed by atoms with Gasteiger partial charge >= 0.3 is 0 Å². The van der Waals surface area contributed by atoms with Crippen LogP contribution in [0, 0.1) is 6.92 Å². The third kappa shape index (κ3) is 3.52. The Morgan fingerprint density at radius 2 is 2.14 bits per heavy atom. The molecule has 2 N–H and O–H groups in total. The molecule has 0 spiro atoms. The summed E-state index contributed by atoms with van der Waals surface area (Å²) >= 11 is 1.36. The molecule has 1 aliphatic rings. The first-order valence-electron chi connectivity index (χ1n) is 6.80. The summed E-state index contributed by atoms with van der Waals surface area (Å²) in [4.78, 5) is 17.3. The lowest BCUT2D eigenvalue weighted by Gasteiger charge is -2.07. The molecule has 1 amide bonds. The molecule has 0 aliphatic heterocycles. The van der Waals surface area contributed by atoms with Gasteiger partial charge < -0.3 is 0 Å². The largest absolute Gasteiger partial charge is 0.298 e. The van der Waals surface area contributed by atoms with Crippen LogP contribution in [0.2, 0.25) is 0 Å². The normalized spacial score (nSPS) is 14.8. The number of hydrogen-bond acceptors (Lipinski definition) is 5. The molecule has 8 heteroatoms. The zero-order chi connectivity index (χ0) is 15.7. The summed E-state index contributed by atoms with van der Waals surface area (Å²) in [6.07, 6.45) is 3.40. The van der Waals surface area contributed by atoms with E-state index in [9.17, 15) is 13.2 Å². The highest BCUT2D eigenvalue weighted by molar-refractivity contribution is 7.89. The quantitative estimate of drug-likeness (QED) is 0.875. The summed E-state index contributed by atoms with van der Waals surface area (Å²) in [5.41, 5.74) is 0.284. The number of nitrogens with zero attached hydrogens (tertiary/aromatic N) is 1. The topological polar surface area (TPSA) is 88.2 Å². The van der Waals surface area contributed by atoms with Gasteiger partial charge in [0.1, 0.15) is 0 Å². The van der Waals surface area contributed by atoms with Crippen molar-refractivity contribution in [3.8, 4) is 0 Å². The minimum absolute atomic E-state index is 0.0285. The zero-order valence-electron chi connectivity index (χ0n) is 11.9. The van der Waals surface area contributed by atoms with E-state index in [1.54, 1.807) is 18.3 Å². The van der Waals surface area contributed by atoms with Crippen LogP contribution in [0.4, 0.5) is 5.13 Å². The molecule has 0 unspecified atom stereocenters. The SMILES string of the molecule is Cc1cnc(NC(=O)c2cccc(S(=O)(=O)NC3CC3)c2)s1. The molecule has 2 aromatic rings. The Morgan fingerprint density at radius 3 is 2.77 bits per heavy atom. The van der Waals surface area contributed by atoms with Gasteiger partial charge in [-0.05, 0) is 38.0 Å². The summed E-state index contributed by atoms with van der Waals surface area (Å²) in [5, 5.41) is 3.16. The Kier molecular flexibility index (Phi) is 3.98. The van der Waals surface area contributed by atoms with Gasteiger partial charge in [0.25, 0.3) is 5.91 Å². The number of sulfonamides is 1. The Hall–Kier alpha value is -1.77. The van der Waals surface area contributed by atoms with E-state index in [1.165, 1.54) is 23.5 Å². The minimum atomic E-state index is -3.56. The van der Waals surface area contributed by atoms with Crippen LogP contribution < -0.4 is 10.0 Å². The van der Waals surface area contributed by atoms with Crippen LogP contribution in [0.3, 0.4) is 0 Å². The van der Waals surface area contributed by atoms with Crippen molar-refractivity contribution in [2.75, 3.05) is 5.32 Å². The van der Waals surface area contributed by atoms with E-state index in [0.29, 0.717) is 5.13 Å². The van der Waals surface area contributed by atoms with Crippen molar-refractivity contribution in [3.63, 3.8) is 0 Å². The molecule has 1 aromatic carbocycles. The smallest absolute Gasteiger partial charge is 0.257 e. The number of rotatable bonds is 5. The number of amides is 1. The number of carbonyl (C=O) groups is 1. The lowest BCUT2D eigenvalue weighted by atomic mass is 10.2. The van der Waals surface area contributed by atoms with Crippen LogP contribution in [-0.2, 0) is 10.0 Å². The maximum absolute atomic E-state index is 12.2. The zero-order valence-corrected chi connectivity index (χ0v) is 13.5. The van der Waals surface area contributed by atoms with E-state index in [4.69, 9.17) is 0 Å². The maximum atomic E-state index is 12.2. The van der Waals surface area contributed by atoms with Crippen LogP contribution >= 0.6 is 11.3 Å². The number of benzene rings is 1. The van der Waals surface area contributed by atoms with Crippen molar-refractivity contribution < 1.29 is 13.2 Å². The number of carbonyl (C=O) groups excluding carboxylic acids is 1. The van der Waals surface area contributed by atoms with E-state index < -0.39 is 10.0 Å². The molecule has 3 rings (SSSR count). The number of anilines is 1. The third-order valence-corrected chi connectivity index (χ3v) is 5.49. The molecule has 0 radical (unpaired) electrons. The highest BCUT2D eigenvalue weighted by atomic mass is 32.2. The van der Waals surface area contributed by atoms with Gasteiger partial charge in [-0.25, -0.2) is 18.1 Å². The molecule has 116 valence electrons. The summed E-state index contributed by atoms with van der Waals surface area (Å²) in [7, 11) is -3.56. The van der Waals surface area contributed by atoms with Gasteiger partial charge in [-0.15, -0.1) is 11.3 Å². The van der Waals surface area contributed by atoms with Gasteiger partial charge in [-0.2, -0.15) is 0 Å². The summed E-state index contributed by atoms with van der Waals surface area (Å²) in [5.74, 6) is -0.377. The number of aryl methyl sites for hydroxylation is 1. The fraction of sp³-hybridized carbons (Fsp3) is 0.286. The Morgan fingerprint density at radius 1 is 1.36 bits per heavy atom. The van der Waals surface area contributed by atoms with Crippen LogP contribution in [0.25, 0.3) is 0 Å². The van der Waals surface area contributed by atoms with Gasteiger partial charge in [-0.1, -0.05) is 6.07 Å². The molecule has 0 atom stereocenters. The lowest BCUT2D eigenvalue weighted by molar-refractivity contribution is 0.102. The standard InChI is InChI=1S/C14H15N3O3S2/c1-9-8-15-14(21-9)16-13(18)10-3-2-4-12(7-10)22(19,20)17-11-5-6-11/h2-4,7-8,11,17H,5-6H2,1H3,(H,15,16,18). The molecule has 6 nitrogen and oxygen atoms in total. The first-order valence-corrected chi connectivity index (χ1v) is 9.10. The predicted octanol–water partition coefficient (Wildman–Crippen LogP) is 2.14. The van der Waals surface area contributed by atoms with E-state index in [2.05, 4.69) is 15.0 Å². The third-order valence-electron chi connectivity index (χ3n) is 3.15. The molecule has 1 aliphatic carbocycles. The van der Waals surface area contributed by atoms with E-state index >= 15 is 0 Å². The molecule has 1 saturated carbocycles. The fourth-order valence-corrected chi connectivity index (χ4v) is 3.88. The lowest BCUT2D eigenvalue weighted by Crippen LogP contribution is -2.26. The average molecular weight is 337 g/mol. The van der Waals surface area contributed by atoms with E-state index in [0.717, 1.165) is 17.7 Å². The molecule has 0 saturated heterocycles. The average Bonchev–Trinajstić information content (AvgIpc) is 3.19. The van der Waals surface area contributed by atoms with E-state index in [-0.39, 0.29) is 22.4 Å². The summed E-state index contributed by atoms with van der Waals surface area (Å²) in [6.45, 7) is 1.89. The summed E-state index contributed by atoms with van der Waals surface area (Å²) in [6, 6.07) is 6.02. The first-order chi connectivity index (χ1) is 10.4. The molecular formula is C14H15N3O3S2. The van der Waals surface area contributed by atoms with Crippen LogP contribution in [0.15, 0.2) is 35.4 Å². The number of hydrogen-bond donors (Lipinski definition) is 2. The molecular weight excluding hydrogens is 322 g/mol. The Labute approximate surface area is 132 Å². The van der Waals surface area contributed by atoms with Crippen molar-refractivity contribution in [2.45, 2.75) is 30.7 Å². The van der Waals surface area contributed by atoms with Crippen molar-refractivity contribution in [3.05, 3.63) is 40.9 Å². The fourth-order valence-electron chi connectivity index (χ4n) is 1.87. The van der Waals surface area contributed by atoms with Crippen molar-refractivity contribution in [1.29, 1.82) is 0 Å². The monoisotopic (exact) mass is 337 g/mol. The highest BCUT2D eigenvalue weighted by Gasteiger charge is 2.28. The van der Waals surface area contributed by atoms with Gasteiger partial charge in [0.05, 0.1) is 4.90 Å². The molecule has 22 heavy (non-hydrogen) atoms. The molecule has 1 heterocycles. The van der Waals surface area contributed by atoms with Crippen molar-refractivity contribution >= 4 is 32.4 Å². The summed E-state index contributed by atoms with van der Waals surface area (Å²) < 4.78 is 26.9. The van der Waals surface area contributed by atoms with Crippen LogP contribution in [0.5, 0.6) is 0 Å². The van der Waals surface area contributed by atoms with Crippen molar-refractivity contribution in [2.24, 2.45) is 0 Å². The number of thiazole rings is 1. The van der Waals surface area contributed by atoms with Crippen molar-refractivity contribution in [1.82, 2.24) is 9.71 Å². The first kappa shape index (κ1) is 15.1. The second-order valence-corrected chi connectivity index (χ2v) is 8.10. The second kappa shape index (κ2) is 5.79. The van der Waals surface area contributed by atoms with Gasteiger partial charge in [-0.3, -0.25) is 10.1 Å². The maximum Gasteiger partial charge on any atom is 0.257 e. The molecule has 1 aromatic heterocycles. The van der Waals surface area contributed by atoms with Gasteiger partial charge in [0, 0.05) is 22.7 Å². The number of aromatic nitrogens is 1.